The first-order valence-corrected chi connectivity index (χ1v) is 7.64. The average Bonchev–Trinajstić information content (AvgIpc) is 2.46. The van der Waals surface area contributed by atoms with Crippen LogP contribution in [0.5, 0.6) is 0 Å². The molecule has 6 nitrogen and oxygen atoms in total. The maximum Gasteiger partial charge on any atom is 0.308 e. The monoisotopic (exact) mass is 300 g/mol. The van der Waals surface area contributed by atoms with Crippen LogP contribution in [0.4, 0.5) is 0 Å². The second-order valence-corrected chi connectivity index (χ2v) is 5.92. The quantitative estimate of drug-likeness (QED) is 0.705. The molecular weight excluding hydrogens is 272 g/mol. The van der Waals surface area contributed by atoms with Crippen LogP contribution in [-0.4, -0.2) is 62.3 Å². The molecule has 0 bridgehead atoms. The molecule has 0 spiro atoms. The summed E-state index contributed by atoms with van der Waals surface area (Å²) < 4.78 is 10.2. The number of amides is 1. The Morgan fingerprint density at radius 3 is 2.71 bits per heavy atom. The van der Waals surface area contributed by atoms with Gasteiger partial charge in [0.1, 0.15) is 0 Å². The lowest BCUT2D eigenvalue weighted by Crippen LogP contribution is -2.52. The Labute approximate surface area is 127 Å². The predicted molar refractivity (Wildman–Crippen MR) is 79.9 cm³/mol. The average molecular weight is 300 g/mol. The molecule has 1 aliphatic rings. The zero-order valence-electron chi connectivity index (χ0n) is 13.6. The largest absolute Gasteiger partial charge is 0.469 e. The molecule has 0 aromatic rings. The molecule has 0 saturated carbocycles. The van der Waals surface area contributed by atoms with Gasteiger partial charge in [0.05, 0.1) is 32.3 Å². The molecule has 1 N–H and O–H groups in total. The maximum absolute atomic E-state index is 12.1. The third kappa shape index (κ3) is 6.44. The van der Waals surface area contributed by atoms with Gasteiger partial charge in [-0.05, 0) is 19.3 Å². The highest BCUT2D eigenvalue weighted by Crippen LogP contribution is 2.12. The highest BCUT2D eigenvalue weighted by molar-refractivity contribution is 5.81. The normalized spacial score (nSPS) is 21.1. The SMILES string of the molecule is COC(=O)CC1CN(C(C)C(=O)NCCC(C)C)CCO1. The topological polar surface area (TPSA) is 67.9 Å². The Kier molecular flexibility index (Phi) is 7.67. The Bertz CT molecular complexity index is 347. The van der Waals surface area contributed by atoms with Gasteiger partial charge in [0.2, 0.25) is 5.91 Å². The lowest BCUT2D eigenvalue weighted by molar-refractivity contribution is -0.146. The van der Waals surface area contributed by atoms with Crippen LogP contribution in [0.3, 0.4) is 0 Å². The molecule has 1 rings (SSSR count). The molecule has 0 aliphatic carbocycles. The molecule has 6 heteroatoms. The minimum Gasteiger partial charge on any atom is -0.469 e. The van der Waals surface area contributed by atoms with Crippen molar-refractivity contribution in [2.45, 2.75) is 45.8 Å². The lowest BCUT2D eigenvalue weighted by atomic mass is 10.1. The first kappa shape index (κ1) is 17.9. The van der Waals surface area contributed by atoms with Gasteiger partial charge in [0.25, 0.3) is 0 Å². The van der Waals surface area contributed by atoms with E-state index >= 15 is 0 Å². The third-order valence-electron chi connectivity index (χ3n) is 3.74. The van der Waals surface area contributed by atoms with Crippen molar-refractivity contribution < 1.29 is 19.1 Å². The molecule has 1 fully saturated rings. The van der Waals surface area contributed by atoms with E-state index < -0.39 is 0 Å². The fraction of sp³-hybridized carbons (Fsp3) is 0.867. The Hall–Kier alpha value is -1.14. The van der Waals surface area contributed by atoms with Gasteiger partial charge in [-0.3, -0.25) is 14.5 Å². The van der Waals surface area contributed by atoms with Gasteiger partial charge in [-0.1, -0.05) is 13.8 Å². The molecule has 1 heterocycles. The van der Waals surface area contributed by atoms with E-state index in [4.69, 9.17) is 4.74 Å². The van der Waals surface area contributed by atoms with Crippen LogP contribution in [0, 0.1) is 5.92 Å². The van der Waals surface area contributed by atoms with Crippen LogP contribution in [-0.2, 0) is 19.1 Å². The van der Waals surface area contributed by atoms with Crippen LogP contribution >= 0.6 is 0 Å². The van der Waals surface area contributed by atoms with Gasteiger partial charge < -0.3 is 14.8 Å². The molecule has 2 atom stereocenters. The molecule has 1 amide bonds. The highest BCUT2D eigenvalue weighted by atomic mass is 16.5. The van der Waals surface area contributed by atoms with Crippen LogP contribution in [0.1, 0.15) is 33.6 Å². The molecule has 0 aromatic carbocycles. The Morgan fingerprint density at radius 1 is 1.38 bits per heavy atom. The second kappa shape index (κ2) is 9.00. The van der Waals surface area contributed by atoms with Gasteiger partial charge in [-0.2, -0.15) is 0 Å². The van der Waals surface area contributed by atoms with Gasteiger partial charge in [-0.15, -0.1) is 0 Å². The summed E-state index contributed by atoms with van der Waals surface area (Å²) in [6.07, 6.45) is 1.01. The summed E-state index contributed by atoms with van der Waals surface area (Å²) in [6, 6.07) is -0.207. The molecule has 122 valence electrons. The summed E-state index contributed by atoms with van der Waals surface area (Å²) >= 11 is 0. The fourth-order valence-electron chi connectivity index (χ4n) is 2.28. The van der Waals surface area contributed by atoms with E-state index in [0.29, 0.717) is 32.2 Å². The number of nitrogens with one attached hydrogen (secondary N) is 1. The first-order valence-electron chi connectivity index (χ1n) is 7.64. The van der Waals surface area contributed by atoms with Crippen molar-refractivity contribution >= 4 is 11.9 Å². The van der Waals surface area contributed by atoms with E-state index in [1.54, 1.807) is 0 Å². The molecule has 1 aliphatic heterocycles. The molecule has 0 aromatic heterocycles. The van der Waals surface area contributed by atoms with Crippen LogP contribution in [0.25, 0.3) is 0 Å². The number of nitrogens with zero attached hydrogens (tertiary/aromatic N) is 1. The van der Waals surface area contributed by atoms with Crippen molar-refractivity contribution in [2.75, 3.05) is 33.4 Å². The number of morpholine rings is 1. The maximum atomic E-state index is 12.1. The van der Waals surface area contributed by atoms with Gasteiger partial charge >= 0.3 is 5.97 Å². The number of hydrogen-bond donors (Lipinski definition) is 1. The number of hydrogen-bond acceptors (Lipinski definition) is 5. The summed E-state index contributed by atoms with van der Waals surface area (Å²) in [5.74, 6) is 0.332. The minimum absolute atomic E-state index is 0.0365. The number of esters is 1. The van der Waals surface area contributed by atoms with E-state index in [1.165, 1.54) is 7.11 Å². The van der Waals surface area contributed by atoms with Crippen LogP contribution < -0.4 is 5.32 Å². The van der Waals surface area contributed by atoms with Crippen molar-refractivity contribution in [3.63, 3.8) is 0 Å². The van der Waals surface area contributed by atoms with Crippen LogP contribution in [0.15, 0.2) is 0 Å². The standard InChI is InChI=1S/C15H28N2O4/c1-11(2)5-6-16-15(19)12(3)17-7-8-21-13(10-17)9-14(18)20-4/h11-13H,5-10H2,1-4H3,(H,16,19). The van der Waals surface area contributed by atoms with Crippen molar-refractivity contribution in [3.8, 4) is 0 Å². The lowest BCUT2D eigenvalue weighted by Gasteiger charge is -2.35. The first-order chi connectivity index (χ1) is 9.93. The van der Waals surface area contributed by atoms with Crippen molar-refractivity contribution in [1.29, 1.82) is 0 Å². The molecule has 21 heavy (non-hydrogen) atoms. The van der Waals surface area contributed by atoms with E-state index in [-0.39, 0.29) is 30.4 Å². The zero-order valence-corrected chi connectivity index (χ0v) is 13.6. The molecule has 2 unspecified atom stereocenters. The highest BCUT2D eigenvalue weighted by Gasteiger charge is 2.29. The van der Waals surface area contributed by atoms with E-state index in [2.05, 4.69) is 28.8 Å². The number of ether oxygens (including phenoxy) is 2. The van der Waals surface area contributed by atoms with Gasteiger partial charge in [0.15, 0.2) is 0 Å². The fourth-order valence-corrected chi connectivity index (χ4v) is 2.28. The zero-order chi connectivity index (χ0) is 15.8. The number of carbonyl (C=O) groups excluding carboxylic acids is 2. The smallest absolute Gasteiger partial charge is 0.308 e. The summed E-state index contributed by atoms with van der Waals surface area (Å²) in [7, 11) is 1.37. The van der Waals surface area contributed by atoms with E-state index in [9.17, 15) is 9.59 Å². The molecule has 1 saturated heterocycles. The Morgan fingerprint density at radius 2 is 2.10 bits per heavy atom. The van der Waals surface area contributed by atoms with Crippen LogP contribution in [0.2, 0.25) is 0 Å². The molecule has 0 radical (unpaired) electrons. The summed E-state index contributed by atoms with van der Waals surface area (Å²) in [4.78, 5) is 25.5. The number of rotatable bonds is 7. The Balaban J connectivity index is 2.40. The van der Waals surface area contributed by atoms with Crippen molar-refractivity contribution in [2.24, 2.45) is 5.92 Å². The second-order valence-electron chi connectivity index (χ2n) is 5.92. The van der Waals surface area contributed by atoms with E-state index in [1.807, 2.05) is 6.92 Å². The third-order valence-corrected chi connectivity index (χ3v) is 3.74. The minimum atomic E-state index is -0.282. The van der Waals surface area contributed by atoms with Gasteiger partial charge in [0, 0.05) is 19.6 Å². The van der Waals surface area contributed by atoms with Crippen molar-refractivity contribution in [1.82, 2.24) is 10.2 Å². The number of methoxy groups -OCH3 is 1. The van der Waals surface area contributed by atoms with Crippen molar-refractivity contribution in [3.05, 3.63) is 0 Å². The summed E-state index contributed by atoms with van der Waals surface area (Å²) in [5.41, 5.74) is 0. The summed E-state index contributed by atoms with van der Waals surface area (Å²) in [5, 5.41) is 2.96. The molecular formula is C15H28N2O4. The summed E-state index contributed by atoms with van der Waals surface area (Å²) in [6.45, 7) is 8.68. The predicted octanol–water partition coefficient (Wildman–Crippen LogP) is 0.801. The number of carbonyl (C=O) groups is 2. The van der Waals surface area contributed by atoms with Gasteiger partial charge in [-0.25, -0.2) is 0 Å². The van der Waals surface area contributed by atoms with E-state index in [0.717, 1.165) is 6.42 Å².